The zero-order chi connectivity index (χ0) is 14.7. The quantitative estimate of drug-likeness (QED) is 0.885. The maximum absolute atomic E-state index is 10.9. The van der Waals surface area contributed by atoms with Crippen LogP contribution in [-0.2, 0) is 11.4 Å². The highest BCUT2D eigenvalue weighted by Gasteiger charge is 2.32. The number of carboxylic acid groups (broad SMARTS) is 1. The molecule has 5 nitrogen and oxygen atoms in total. The normalized spacial score (nSPS) is 21.3. The number of hydrogen-bond acceptors (Lipinski definition) is 5. The predicted molar refractivity (Wildman–Crippen MR) is 79.2 cm³/mol. The third-order valence-electron chi connectivity index (χ3n) is 3.15. The van der Waals surface area contributed by atoms with Crippen molar-refractivity contribution in [2.24, 2.45) is 0 Å². The Morgan fingerprint density at radius 2 is 2.14 bits per heavy atom. The fourth-order valence-corrected chi connectivity index (χ4v) is 3.24. The smallest absolute Gasteiger partial charge is 0.321 e. The molecule has 2 N–H and O–H groups in total. The van der Waals surface area contributed by atoms with Gasteiger partial charge in [0.05, 0.1) is 0 Å². The highest BCUT2D eigenvalue weighted by atomic mass is 32.2. The summed E-state index contributed by atoms with van der Waals surface area (Å²) < 4.78 is 11.3. The van der Waals surface area contributed by atoms with Crippen LogP contribution >= 0.6 is 11.8 Å². The summed E-state index contributed by atoms with van der Waals surface area (Å²) in [5.41, 5.74) is 0. The Morgan fingerprint density at radius 3 is 2.86 bits per heavy atom. The van der Waals surface area contributed by atoms with Crippen LogP contribution in [-0.4, -0.2) is 22.9 Å². The van der Waals surface area contributed by atoms with Crippen molar-refractivity contribution in [2.75, 3.05) is 5.75 Å². The van der Waals surface area contributed by atoms with Gasteiger partial charge in [0.25, 0.3) is 0 Å². The van der Waals surface area contributed by atoms with Gasteiger partial charge in [0.1, 0.15) is 35.3 Å². The van der Waals surface area contributed by atoms with Crippen LogP contribution in [0, 0.1) is 0 Å². The van der Waals surface area contributed by atoms with Crippen molar-refractivity contribution in [3.05, 3.63) is 54.0 Å². The predicted octanol–water partition coefficient (Wildman–Crippen LogP) is 2.65. The standard InChI is InChI=1S/C15H15NO4S/c17-15(18)12-9-21-14(16-12)13-7-6-11(20-13)8-19-10-4-2-1-3-5-10/h1-7,12,14,16H,8-9H2,(H,17,18). The molecule has 0 radical (unpaired) electrons. The topological polar surface area (TPSA) is 71.7 Å². The number of ether oxygens (including phenoxy) is 1. The third-order valence-corrected chi connectivity index (χ3v) is 4.37. The number of benzene rings is 1. The van der Waals surface area contributed by atoms with E-state index in [1.54, 1.807) is 0 Å². The molecule has 0 bridgehead atoms. The number of para-hydroxylation sites is 1. The van der Waals surface area contributed by atoms with Crippen LogP contribution in [0.3, 0.4) is 0 Å². The molecule has 2 unspecified atom stereocenters. The fraction of sp³-hybridized carbons (Fsp3) is 0.267. The average molecular weight is 305 g/mol. The first-order valence-electron chi connectivity index (χ1n) is 6.59. The van der Waals surface area contributed by atoms with Crippen LogP contribution in [0.2, 0.25) is 0 Å². The van der Waals surface area contributed by atoms with Crippen molar-refractivity contribution < 1.29 is 19.1 Å². The van der Waals surface area contributed by atoms with Gasteiger partial charge in [0.2, 0.25) is 0 Å². The number of rotatable bonds is 5. The van der Waals surface area contributed by atoms with Crippen LogP contribution in [0.15, 0.2) is 46.9 Å². The molecule has 0 spiro atoms. The van der Waals surface area contributed by atoms with Crippen molar-refractivity contribution in [1.29, 1.82) is 0 Å². The van der Waals surface area contributed by atoms with Gasteiger partial charge in [0.15, 0.2) is 0 Å². The van der Waals surface area contributed by atoms with Gasteiger partial charge in [-0.3, -0.25) is 10.1 Å². The summed E-state index contributed by atoms with van der Waals surface area (Å²) in [6.45, 7) is 0.351. The molecule has 1 aliphatic heterocycles. The second-order valence-electron chi connectivity index (χ2n) is 4.68. The number of furan rings is 1. The summed E-state index contributed by atoms with van der Waals surface area (Å²) in [5, 5.41) is 11.9. The van der Waals surface area contributed by atoms with Gasteiger partial charge in [-0.1, -0.05) is 18.2 Å². The van der Waals surface area contributed by atoms with Crippen molar-refractivity contribution >= 4 is 17.7 Å². The molecule has 3 rings (SSSR count). The minimum atomic E-state index is -0.829. The van der Waals surface area contributed by atoms with E-state index in [9.17, 15) is 4.79 Å². The zero-order valence-electron chi connectivity index (χ0n) is 11.2. The van der Waals surface area contributed by atoms with Crippen molar-refractivity contribution in [3.8, 4) is 5.75 Å². The molecule has 0 amide bonds. The van der Waals surface area contributed by atoms with Gasteiger partial charge in [0, 0.05) is 5.75 Å². The minimum Gasteiger partial charge on any atom is -0.486 e. The Hall–Kier alpha value is -1.92. The second kappa shape index (κ2) is 6.24. The average Bonchev–Trinajstić information content (AvgIpc) is 3.15. The molecule has 1 aromatic heterocycles. The first-order valence-corrected chi connectivity index (χ1v) is 7.64. The second-order valence-corrected chi connectivity index (χ2v) is 5.81. The molecule has 0 aliphatic carbocycles. The van der Waals surface area contributed by atoms with Crippen molar-refractivity contribution in [3.63, 3.8) is 0 Å². The minimum absolute atomic E-state index is 0.114. The van der Waals surface area contributed by atoms with Gasteiger partial charge in [-0.25, -0.2) is 0 Å². The van der Waals surface area contributed by atoms with Gasteiger partial charge < -0.3 is 14.3 Å². The van der Waals surface area contributed by atoms with E-state index in [-0.39, 0.29) is 5.37 Å². The lowest BCUT2D eigenvalue weighted by Gasteiger charge is -2.08. The molecule has 1 aliphatic rings. The molecule has 2 atom stereocenters. The summed E-state index contributed by atoms with van der Waals surface area (Å²) in [5.74, 6) is 1.95. The Labute approximate surface area is 126 Å². The molecule has 2 aromatic rings. The Morgan fingerprint density at radius 1 is 1.33 bits per heavy atom. The number of carbonyl (C=O) groups is 1. The van der Waals surface area contributed by atoms with E-state index >= 15 is 0 Å². The van der Waals surface area contributed by atoms with Crippen LogP contribution in [0.25, 0.3) is 0 Å². The lowest BCUT2D eigenvalue weighted by atomic mass is 10.3. The molecule has 1 aromatic carbocycles. The molecule has 21 heavy (non-hydrogen) atoms. The number of nitrogens with one attached hydrogen (secondary N) is 1. The first-order chi connectivity index (χ1) is 10.2. The van der Waals surface area contributed by atoms with Gasteiger partial charge in [-0.2, -0.15) is 0 Å². The molecular formula is C15H15NO4S. The van der Waals surface area contributed by atoms with E-state index in [0.717, 1.165) is 17.3 Å². The lowest BCUT2D eigenvalue weighted by Crippen LogP contribution is -2.33. The Bertz CT molecular complexity index is 613. The summed E-state index contributed by atoms with van der Waals surface area (Å²) in [6, 6.07) is 12.7. The molecule has 110 valence electrons. The molecular weight excluding hydrogens is 290 g/mol. The molecule has 6 heteroatoms. The van der Waals surface area contributed by atoms with Crippen LogP contribution < -0.4 is 10.1 Å². The van der Waals surface area contributed by atoms with Crippen molar-refractivity contribution in [2.45, 2.75) is 18.0 Å². The van der Waals surface area contributed by atoms with E-state index in [1.165, 1.54) is 11.8 Å². The summed E-state index contributed by atoms with van der Waals surface area (Å²) in [4.78, 5) is 10.9. The van der Waals surface area contributed by atoms with Crippen molar-refractivity contribution in [1.82, 2.24) is 5.32 Å². The molecule has 1 fully saturated rings. The Balaban J connectivity index is 1.58. The maximum atomic E-state index is 10.9. The van der Waals surface area contributed by atoms with Gasteiger partial charge in [-0.05, 0) is 24.3 Å². The van der Waals surface area contributed by atoms with E-state index in [0.29, 0.717) is 12.4 Å². The van der Waals surface area contributed by atoms with Crippen LogP contribution in [0.4, 0.5) is 0 Å². The number of thioether (sulfide) groups is 1. The zero-order valence-corrected chi connectivity index (χ0v) is 12.0. The first kappa shape index (κ1) is 14.0. The van der Waals surface area contributed by atoms with Gasteiger partial charge >= 0.3 is 5.97 Å². The molecule has 2 heterocycles. The molecule has 1 saturated heterocycles. The highest BCUT2D eigenvalue weighted by Crippen LogP contribution is 2.33. The highest BCUT2D eigenvalue weighted by molar-refractivity contribution is 7.99. The van der Waals surface area contributed by atoms with Crippen LogP contribution in [0.1, 0.15) is 16.9 Å². The summed E-state index contributed by atoms with van der Waals surface area (Å²) in [7, 11) is 0. The number of aliphatic carboxylic acids is 1. The maximum Gasteiger partial charge on any atom is 0.321 e. The van der Waals surface area contributed by atoms with Crippen LogP contribution in [0.5, 0.6) is 5.75 Å². The monoisotopic (exact) mass is 305 g/mol. The largest absolute Gasteiger partial charge is 0.486 e. The third kappa shape index (κ3) is 3.40. The van der Waals surface area contributed by atoms with E-state index in [4.69, 9.17) is 14.3 Å². The summed E-state index contributed by atoms with van der Waals surface area (Å²) >= 11 is 1.53. The van der Waals surface area contributed by atoms with E-state index in [2.05, 4.69) is 5.32 Å². The SMILES string of the molecule is O=C(O)C1CSC(c2ccc(COc3ccccc3)o2)N1. The van der Waals surface area contributed by atoms with E-state index in [1.807, 2.05) is 42.5 Å². The number of carboxylic acids is 1. The Kier molecular flexibility index (Phi) is 4.17. The molecule has 0 saturated carbocycles. The van der Waals surface area contributed by atoms with Gasteiger partial charge in [-0.15, -0.1) is 11.8 Å². The van der Waals surface area contributed by atoms with E-state index < -0.39 is 12.0 Å². The number of hydrogen-bond donors (Lipinski definition) is 2. The lowest BCUT2D eigenvalue weighted by molar-refractivity contribution is -0.138. The fourth-order valence-electron chi connectivity index (χ4n) is 2.06. The summed E-state index contributed by atoms with van der Waals surface area (Å²) in [6.07, 6.45) is 0.